The van der Waals surface area contributed by atoms with E-state index in [0.29, 0.717) is 0 Å². The van der Waals surface area contributed by atoms with Gasteiger partial charge in [0.15, 0.2) is 10.8 Å². The summed E-state index contributed by atoms with van der Waals surface area (Å²) in [4.78, 5) is 15.0. The lowest BCUT2D eigenvalue weighted by Crippen LogP contribution is -2.31. The maximum absolute atomic E-state index is 5.98. The molecule has 3 aromatic rings. The highest BCUT2D eigenvalue weighted by Crippen LogP contribution is 2.41. The molecule has 27 heavy (non-hydrogen) atoms. The first-order chi connectivity index (χ1) is 13.3. The molecule has 0 aromatic carbocycles. The first-order valence-electron chi connectivity index (χ1n) is 9.54. The lowest BCUT2D eigenvalue weighted by Gasteiger charge is -2.30. The zero-order valence-corrected chi connectivity index (χ0v) is 16.1. The van der Waals surface area contributed by atoms with Gasteiger partial charge in [-0.05, 0) is 32.6 Å². The molecule has 2 aliphatic rings. The minimum Gasteiger partial charge on any atom is -0.389 e. The number of aromatic nitrogens is 4. The van der Waals surface area contributed by atoms with Gasteiger partial charge >= 0.3 is 0 Å². The molecule has 140 valence electrons. The van der Waals surface area contributed by atoms with Crippen molar-refractivity contribution in [3.05, 3.63) is 29.5 Å². The number of fused-ring (bicyclic) bond motifs is 1. The summed E-state index contributed by atoms with van der Waals surface area (Å²) in [5.74, 6) is 0. The van der Waals surface area contributed by atoms with E-state index >= 15 is 0 Å². The van der Waals surface area contributed by atoms with Crippen molar-refractivity contribution in [1.82, 2.24) is 19.7 Å². The van der Waals surface area contributed by atoms with Gasteiger partial charge in [0.1, 0.15) is 5.60 Å². The highest BCUT2D eigenvalue weighted by molar-refractivity contribution is 7.13. The van der Waals surface area contributed by atoms with E-state index in [4.69, 9.17) is 4.84 Å². The predicted octanol–water partition coefficient (Wildman–Crippen LogP) is 4.48. The Kier molecular flexibility index (Phi) is 4.07. The molecule has 7 nitrogen and oxygen atoms in total. The fourth-order valence-corrected chi connectivity index (χ4v) is 4.67. The van der Waals surface area contributed by atoms with Gasteiger partial charge in [-0.25, -0.2) is 14.6 Å². The van der Waals surface area contributed by atoms with Crippen molar-refractivity contribution >= 4 is 38.9 Å². The first-order valence-corrected chi connectivity index (χ1v) is 10.4. The zero-order valence-electron chi connectivity index (χ0n) is 15.3. The fourth-order valence-electron chi connectivity index (χ4n) is 4.13. The van der Waals surface area contributed by atoms with Gasteiger partial charge in [-0.1, -0.05) is 11.6 Å². The lowest BCUT2D eigenvalue weighted by atomic mass is 9.81. The van der Waals surface area contributed by atoms with Crippen LogP contribution in [0.4, 0.5) is 10.8 Å². The number of hydrogen-bond acceptors (Lipinski definition) is 7. The number of anilines is 2. The Morgan fingerprint density at radius 1 is 1.22 bits per heavy atom. The van der Waals surface area contributed by atoms with Crippen LogP contribution in [0.5, 0.6) is 0 Å². The summed E-state index contributed by atoms with van der Waals surface area (Å²) in [6.45, 7) is 2.84. The van der Waals surface area contributed by atoms with Crippen LogP contribution in [0.2, 0.25) is 0 Å². The molecule has 5 rings (SSSR count). The smallest absolute Gasteiger partial charge is 0.187 e. The highest BCUT2D eigenvalue weighted by atomic mass is 32.1. The molecule has 1 aliphatic carbocycles. The predicted molar refractivity (Wildman–Crippen MR) is 107 cm³/mol. The average molecular weight is 382 g/mol. The number of nitrogens with one attached hydrogen (secondary N) is 1. The fraction of sp³-hybridized carbons (Fsp3) is 0.474. The van der Waals surface area contributed by atoms with Gasteiger partial charge in [-0.15, -0.1) is 11.3 Å². The van der Waals surface area contributed by atoms with E-state index in [1.54, 1.807) is 17.5 Å². The molecule has 0 unspecified atom stereocenters. The molecular formula is C19H22N6OS. The third-order valence-corrected chi connectivity index (χ3v) is 6.23. The van der Waals surface area contributed by atoms with E-state index < -0.39 is 0 Å². The summed E-state index contributed by atoms with van der Waals surface area (Å²) in [5, 5.41) is 16.3. The summed E-state index contributed by atoms with van der Waals surface area (Å²) in [7, 11) is 0. The minimum atomic E-state index is -0.116. The molecule has 3 aromatic heterocycles. The molecule has 0 radical (unpaired) electrons. The number of rotatable bonds is 4. The van der Waals surface area contributed by atoms with Gasteiger partial charge in [0.2, 0.25) is 0 Å². The van der Waals surface area contributed by atoms with E-state index in [2.05, 4.69) is 32.5 Å². The molecule has 0 bridgehead atoms. The Morgan fingerprint density at radius 2 is 2.11 bits per heavy atom. The van der Waals surface area contributed by atoms with Crippen LogP contribution < -0.4 is 5.32 Å². The third-order valence-electron chi connectivity index (χ3n) is 5.54. The Bertz CT molecular complexity index is 987. The number of hydrogen-bond donors (Lipinski definition) is 1. The maximum atomic E-state index is 5.98. The van der Waals surface area contributed by atoms with E-state index in [1.807, 2.05) is 22.5 Å². The van der Waals surface area contributed by atoms with Crippen LogP contribution in [0, 0.1) is 0 Å². The van der Waals surface area contributed by atoms with Gasteiger partial charge in [0.25, 0.3) is 0 Å². The molecule has 1 spiro atoms. The van der Waals surface area contributed by atoms with Crippen molar-refractivity contribution in [3.8, 4) is 0 Å². The Balaban J connectivity index is 1.57. The molecule has 1 saturated carbocycles. The van der Waals surface area contributed by atoms with E-state index in [0.717, 1.165) is 58.9 Å². The zero-order chi connectivity index (χ0) is 18.3. The van der Waals surface area contributed by atoms with Gasteiger partial charge < -0.3 is 10.2 Å². The van der Waals surface area contributed by atoms with Crippen LogP contribution >= 0.6 is 11.3 Å². The number of pyridine rings is 1. The summed E-state index contributed by atoms with van der Waals surface area (Å²) < 4.78 is 1.90. The van der Waals surface area contributed by atoms with Gasteiger partial charge in [-0.2, -0.15) is 5.10 Å². The normalized spacial score (nSPS) is 18.6. The SMILES string of the molecule is CCn1ncc2c(Nc3nccs3)c(C3=NOC4(CCCCC4)C3)cnc21. The van der Waals surface area contributed by atoms with E-state index in [-0.39, 0.29) is 5.60 Å². The standard InChI is InChI=1S/C19H22N6OS/c1-2-25-17-14(12-22-25)16(23-18-20-8-9-27-18)13(11-21-17)15-10-19(26-24-15)6-4-3-5-7-19/h8-9,11-12H,2-7,10H2,1H3,(H,20,21,23). The summed E-state index contributed by atoms with van der Waals surface area (Å²) in [6, 6.07) is 0. The van der Waals surface area contributed by atoms with Crippen molar-refractivity contribution in [2.24, 2.45) is 5.16 Å². The van der Waals surface area contributed by atoms with Crippen LogP contribution in [-0.4, -0.2) is 31.1 Å². The molecule has 0 atom stereocenters. The second-order valence-corrected chi connectivity index (χ2v) is 8.15. The molecule has 4 heterocycles. The van der Waals surface area contributed by atoms with E-state index in [9.17, 15) is 0 Å². The molecule has 1 N–H and O–H groups in total. The quantitative estimate of drug-likeness (QED) is 0.720. The van der Waals surface area contributed by atoms with Crippen molar-refractivity contribution < 1.29 is 4.84 Å². The minimum absolute atomic E-state index is 0.116. The average Bonchev–Trinajstić information content (AvgIpc) is 3.43. The third kappa shape index (κ3) is 2.88. The number of oxime groups is 1. The topological polar surface area (TPSA) is 77.2 Å². The van der Waals surface area contributed by atoms with E-state index in [1.165, 1.54) is 19.3 Å². The molecular weight excluding hydrogens is 360 g/mol. The Hall–Kier alpha value is -2.48. The Labute approximate surface area is 161 Å². The van der Waals surface area contributed by atoms with Gasteiger partial charge in [0.05, 0.1) is 23.0 Å². The molecule has 0 amide bonds. The second-order valence-electron chi connectivity index (χ2n) is 7.26. The number of thiazole rings is 1. The maximum Gasteiger partial charge on any atom is 0.187 e. The molecule has 1 fully saturated rings. The van der Waals surface area contributed by atoms with Crippen LogP contribution in [0.15, 0.2) is 29.1 Å². The van der Waals surface area contributed by atoms with Crippen LogP contribution in [-0.2, 0) is 11.4 Å². The van der Waals surface area contributed by atoms with Gasteiger partial charge in [-0.3, -0.25) is 0 Å². The summed E-state index contributed by atoms with van der Waals surface area (Å²) in [6.07, 6.45) is 12.3. The second kappa shape index (κ2) is 6.60. The Morgan fingerprint density at radius 3 is 2.89 bits per heavy atom. The lowest BCUT2D eigenvalue weighted by molar-refractivity contribution is -0.0449. The largest absolute Gasteiger partial charge is 0.389 e. The summed E-state index contributed by atoms with van der Waals surface area (Å²) in [5.41, 5.74) is 3.66. The van der Waals surface area contributed by atoms with Crippen molar-refractivity contribution in [3.63, 3.8) is 0 Å². The van der Waals surface area contributed by atoms with Crippen LogP contribution in [0.3, 0.4) is 0 Å². The first kappa shape index (κ1) is 16.7. The highest BCUT2D eigenvalue weighted by Gasteiger charge is 2.41. The molecule has 1 aliphatic heterocycles. The molecule has 8 heteroatoms. The van der Waals surface area contributed by atoms with Crippen molar-refractivity contribution in [2.45, 2.75) is 57.6 Å². The van der Waals surface area contributed by atoms with Crippen molar-refractivity contribution in [2.75, 3.05) is 5.32 Å². The monoisotopic (exact) mass is 382 g/mol. The number of aryl methyl sites for hydroxylation is 1. The number of nitrogens with zero attached hydrogens (tertiary/aromatic N) is 5. The molecule has 0 saturated heterocycles. The summed E-state index contributed by atoms with van der Waals surface area (Å²) >= 11 is 1.57. The van der Waals surface area contributed by atoms with Crippen LogP contribution in [0.1, 0.15) is 51.0 Å². The van der Waals surface area contributed by atoms with Crippen LogP contribution in [0.25, 0.3) is 11.0 Å². The van der Waals surface area contributed by atoms with Crippen molar-refractivity contribution in [1.29, 1.82) is 0 Å². The van der Waals surface area contributed by atoms with Gasteiger partial charge in [0, 0.05) is 36.3 Å².